The number of carbonyl (C=O) groups is 2. The van der Waals surface area contributed by atoms with E-state index in [0.29, 0.717) is 46.5 Å². The summed E-state index contributed by atoms with van der Waals surface area (Å²) in [5.41, 5.74) is 0.697. The molecule has 1 aliphatic rings. The minimum Gasteiger partial charge on any atom is -0.497 e. The van der Waals surface area contributed by atoms with Gasteiger partial charge in [-0.25, -0.2) is 0 Å². The van der Waals surface area contributed by atoms with E-state index >= 15 is 0 Å². The number of carbonyl (C=O) groups excluding carboxylic acids is 2. The first-order chi connectivity index (χ1) is 15.1. The molecule has 2 aromatic carbocycles. The Hall–Kier alpha value is -3.53. The monoisotopic (exact) mass is 444 g/mol. The largest absolute Gasteiger partial charge is 0.497 e. The fraction of sp³-hybridized carbons (Fsp3) is 0.286. The SMILES string of the molecule is COC(=O)Cn1c(=NC(=O)COc2ccc(OC)cc2)sc2cc3c(cc21)OCCO3. The molecule has 1 aliphatic heterocycles. The van der Waals surface area contributed by atoms with Crippen LogP contribution in [0.4, 0.5) is 0 Å². The molecule has 0 atom stereocenters. The van der Waals surface area contributed by atoms with Gasteiger partial charge in [0.15, 0.2) is 22.9 Å². The molecule has 0 aliphatic carbocycles. The Balaban J connectivity index is 1.63. The van der Waals surface area contributed by atoms with E-state index in [1.54, 1.807) is 42.0 Å². The first-order valence-electron chi connectivity index (χ1n) is 9.41. The second kappa shape index (κ2) is 9.09. The molecule has 0 saturated carbocycles. The van der Waals surface area contributed by atoms with Gasteiger partial charge in [0.25, 0.3) is 5.91 Å². The summed E-state index contributed by atoms with van der Waals surface area (Å²) in [6.45, 7) is 0.561. The predicted octanol–water partition coefficient (Wildman–Crippen LogP) is 2.16. The van der Waals surface area contributed by atoms with E-state index < -0.39 is 11.9 Å². The highest BCUT2D eigenvalue weighted by Gasteiger charge is 2.18. The standard InChI is InChI=1S/C21H20N2O7S/c1-26-13-3-5-14(6-4-13)30-12-19(24)22-21-23(11-20(25)27-2)15-9-16-17(10-18(15)31-21)29-8-7-28-16/h3-6,9-10H,7-8,11-12H2,1-2H3. The lowest BCUT2D eigenvalue weighted by Crippen LogP contribution is -2.23. The first kappa shape index (κ1) is 20.7. The smallest absolute Gasteiger partial charge is 0.325 e. The van der Waals surface area contributed by atoms with Crippen molar-refractivity contribution in [2.45, 2.75) is 6.54 Å². The average molecular weight is 444 g/mol. The zero-order valence-electron chi connectivity index (χ0n) is 17.0. The summed E-state index contributed by atoms with van der Waals surface area (Å²) in [6.07, 6.45) is 0. The van der Waals surface area contributed by atoms with Gasteiger partial charge in [-0.05, 0) is 24.3 Å². The van der Waals surface area contributed by atoms with Gasteiger partial charge in [0.1, 0.15) is 31.3 Å². The number of esters is 1. The number of rotatable bonds is 6. The van der Waals surface area contributed by atoms with E-state index in [9.17, 15) is 9.59 Å². The van der Waals surface area contributed by atoms with Crippen LogP contribution in [0.25, 0.3) is 10.2 Å². The van der Waals surface area contributed by atoms with Gasteiger partial charge >= 0.3 is 5.97 Å². The van der Waals surface area contributed by atoms with Crippen LogP contribution in [0.2, 0.25) is 0 Å². The van der Waals surface area contributed by atoms with Crippen LogP contribution < -0.4 is 23.7 Å². The molecule has 0 fully saturated rings. The third-order valence-corrected chi connectivity index (χ3v) is 5.54. The van der Waals surface area contributed by atoms with Crippen molar-refractivity contribution < 1.29 is 33.3 Å². The minimum absolute atomic E-state index is 0.0956. The molecule has 2 heterocycles. The maximum Gasteiger partial charge on any atom is 0.325 e. The van der Waals surface area contributed by atoms with Crippen LogP contribution in [0.15, 0.2) is 41.4 Å². The van der Waals surface area contributed by atoms with Gasteiger partial charge in [0, 0.05) is 12.1 Å². The fourth-order valence-electron chi connectivity index (χ4n) is 2.99. The molecule has 31 heavy (non-hydrogen) atoms. The normalized spacial score (nSPS) is 13.2. The van der Waals surface area contributed by atoms with Gasteiger partial charge in [0.05, 0.1) is 24.4 Å². The van der Waals surface area contributed by atoms with Crippen LogP contribution in [0, 0.1) is 0 Å². The summed E-state index contributed by atoms with van der Waals surface area (Å²) in [5, 5.41) is 0. The molecule has 9 nitrogen and oxygen atoms in total. The Kier molecular flexibility index (Phi) is 6.08. The lowest BCUT2D eigenvalue weighted by atomic mass is 10.2. The molecule has 0 N–H and O–H groups in total. The number of methoxy groups -OCH3 is 2. The predicted molar refractivity (Wildman–Crippen MR) is 112 cm³/mol. The Labute approximate surface area is 181 Å². The van der Waals surface area contributed by atoms with Crippen molar-refractivity contribution in [3.8, 4) is 23.0 Å². The van der Waals surface area contributed by atoms with Crippen molar-refractivity contribution in [2.24, 2.45) is 4.99 Å². The zero-order chi connectivity index (χ0) is 21.8. The summed E-state index contributed by atoms with van der Waals surface area (Å²) in [4.78, 5) is 28.9. The molecule has 1 aromatic heterocycles. The quantitative estimate of drug-likeness (QED) is 0.538. The number of ether oxygens (including phenoxy) is 5. The number of hydrogen-bond acceptors (Lipinski definition) is 8. The molecular weight excluding hydrogens is 424 g/mol. The number of amides is 1. The highest BCUT2D eigenvalue weighted by atomic mass is 32.1. The molecular formula is C21H20N2O7S. The van der Waals surface area contributed by atoms with Crippen LogP contribution in [0.1, 0.15) is 0 Å². The Morgan fingerprint density at radius 2 is 1.74 bits per heavy atom. The van der Waals surface area contributed by atoms with Gasteiger partial charge in [-0.15, -0.1) is 0 Å². The number of thiazole rings is 1. The number of benzene rings is 2. The molecule has 10 heteroatoms. The second-order valence-corrected chi connectivity index (χ2v) is 7.49. The van der Waals surface area contributed by atoms with Crippen molar-refractivity contribution in [1.29, 1.82) is 0 Å². The lowest BCUT2D eigenvalue weighted by Gasteiger charge is -2.18. The van der Waals surface area contributed by atoms with Crippen LogP contribution in [-0.2, 0) is 20.9 Å². The molecule has 4 rings (SSSR count). The highest BCUT2D eigenvalue weighted by molar-refractivity contribution is 7.16. The third kappa shape index (κ3) is 4.64. The van der Waals surface area contributed by atoms with E-state index in [1.165, 1.54) is 18.4 Å². The van der Waals surface area contributed by atoms with E-state index in [4.69, 9.17) is 23.7 Å². The van der Waals surface area contributed by atoms with Crippen molar-refractivity contribution in [2.75, 3.05) is 34.0 Å². The number of nitrogens with zero attached hydrogens (tertiary/aromatic N) is 2. The number of aromatic nitrogens is 1. The van der Waals surface area contributed by atoms with Gasteiger partial charge < -0.3 is 28.3 Å². The minimum atomic E-state index is -0.488. The molecule has 0 saturated heterocycles. The third-order valence-electron chi connectivity index (χ3n) is 4.50. The molecule has 0 bridgehead atoms. The molecule has 0 unspecified atom stereocenters. The van der Waals surface area contributed by atoms with E-state index in [2.05, 4.69) is 4.99 Å². The summed E-state index contributed by atoms with van der Waals surface area (Å²) in [6, 6.07) is 10.5. The Morgan fingerprint density at radius 1 is 1.06 bits per heavy atom. The van der Waals surface area contributed by atoms with Crippen molar-refractivity contribution >= 4 is 33.4 Å². The molecule has 0 radical (unpaired) electrons. The molecule has 1 amide bonds. The van der Waals surface area contributed by atoms with Gasteiger partial charge in [-0.2, -0.15) is 4.99 Å². The van der Waals surface area contributed by atoms with E-state index in [-0.39, 0.29) is 13.2 Å². The fourth-order valence-corrected chi connectivity index (χ4v) is 4.05. The Morgan fingerprint density at radius 3 is 2.42 bits per heavy atom. The van der Waals surface area contributed by atoms with Crippen LogP contribution >= 0.6 is 11.3 Å². The van der Waals surface area contributed by atoms with Crippen molar-refractivity contribution in [1.82, 2.24) is 4.57 Å². The second-order valence-electron chi connectivity index (χ2n) is 6.48. The van der Waals surface area contributed by atoms with Crippen LogP contribution in [0.3, 0.4) is 0 Å². The number of fused-ring (bicyclic) bond motifs is 2. The topological polar surface area (TPSA) is 97.6 Å². The Bertz CT molecular complexity index is 1180. The zero-order valence-corrected chi connectivity index (χ0v) is 17.8. The maximum absolute atomic E-state index is 12.5. The van der Waals surface area contributed by atoms with Gasteiger partial charge in [-0.1, -0.05) is 11.3 Å². The summed E-state index contributed by atoms with van der Waals surface area (Å²) in [5.74, 6) is 1.45. The molecule has 3 aromatic rings. The average Bonchev–Trinajstić information content (AvgIpc) is 3.11. The number of hydrogen-bond donors (Lipinski definition) is 0. The van der Waals surface area contributed by atoms with E-state index in [0.717, 1.165) is 4.70 Å². The van der Waals surface area contributed by atoms with Gasteiger partial charge in [0.2, 0.25) is 0 Å². The summed E-state index contributed by atoms with van der Waals surface area (Å²) < 4.78 is 29.1. The van der Waals surface area contributed by atoms with Crippen molar-refractivity contribution in [3.05, 3.63) is 41.2 Å². The maximum atomic E-state index is 12.5. The summed E-state index contributed by atoms with van der Waals surface area (Å²) >= 11 is 1.26. The lowest BCUT2D eigenvalue weighted by molar-refractivity contribution is -0.141. The van der Waals surface area contributed by atoms with Crippen LogP contribution in [-0.4, -0.2) is 50.5 Å². The first-order valence-corrected chi connectivity index (χ1v) is 10.2. The van der Waals surface area contributed by atoms with E-state index in [1.807, 2.05) is 6.07 Å². The van der Waals surface area contributed by atoms with Crippen molar-refractivity contribution in [3.63, 3.8) is 0 Å². The van der Waals surface area contributed by atoms with Gasteiger partial charge in [-0.3, -0.25) is 9.59 Å². The molecule has 0 spiro atoms. The molecule has 162 valence electrons. The highest BCUT2D eigenvalue weighted by Crippen LogP contribution is 2.35. The summed E-state index contributed by atoms with van der Waals surface area (Å²) in [7, 11) is 2.88. The van der Waals surface area contributed by atoms with Crippen LogP contribution in [0.5, 0.6) is 23.0 Å².